The van der Waals surface area contributed by atoms with E-state index in [0.29, 0.717) is 24.7 Å². The fourth-order valence-electron chi connectivity index (χ4n) is 2.11. The average molecular weight is 286 g/mol. The zero-order chi connectivity index (χ0) is 13.8. The average Bonchev–Trinajstić information content (AvgIpc) is 2.77. The van der Waals surface area contributed by atoms with Crippen LogP contribution in [-0.2, 0) is 6.54 Å². The molecule has 7 heteroatoms. The molecule has 2 rings (SSSR count). The lowest BCUT2D eigenvalue weighted by Crippen LogP contribution is -2.30. The Morgan fingerprint density at radius 2 is 2.32 bits per heavy atom. The SMILES string of the molecule is O=[N+]([O-])c1ccc(CNCC2CNCC2O)c(Cl)c1. The molecule has 1 aliphatic heterocycles. The molecule has 0 radical (unpaired) electrons. The number of aliphatic hydroxyl groups is 1. The Labute approximate surface area is 115 Å². The third-order valence-electron chi connectivity index (χ3n) is 3.27. The molecule has 2 unspecified atom stereocenters. The molecule has 0 aliphatic carbocycles. The van der Waals surface area contributed by atoms with Gasteiger partial charge < -0.3 is 15.7 Å². The lowest BCUT2D eigenvalue weighted by Gasteiger charge is -2.14. The highest BCUT2D eigenvalue weighted by molar-refractivity contribution is 6.31. The van der Waals surface area contributed by atoms with Crippen molar-refractivity contribution in [3.05, 3.63) is 38.9 Å². The number of halogens is 1. The van der Waals surface area contributed by atoms with Gasteiger partial charge in [0.05, 0.1) is 16.0 Å². The molecule has 0 bridgehead atoms. The normalized spacial score (nSPS) is 22.6. The van der Waals surface area contributed by atoms with Gasteiger partial charge in [-0.2, -0.15) is 0 Å². The highest BCUT2D eigenvalue weighted by atomic mass is 35.5. The maximum absolute atomic E-state index is 10.6. The molecule has 0 spiro atoms. The molecule has 2 atom stereocenters. The van der Waals surface area contributed by atoms with Crippen molar-refractivity contribution in [1.82, 2.24) is 10.6 Å². The number of nitro groups is 1. The highest BCUT2D eigenvalue weighted by Gasteiger charge is 2.24. The summed E-state index contributed by atoms with van der Waals surface area (Å²) in [6, 6.07) is 4.44. The molecule has 0 aromatic heterocycles. The maximum Gasteiger partial charge on any atom is 0.270 e. The van der Waals surface area contributed by atoms with Crippen molar-refractivity contribution < 1.29 is 10.0 Å². The Morgan fingerprint density at radius 3 is 2.89 bits per heavy atom. The topological polar surface area (TPSA) is 87.4 Å². The van der Waals surface area contributed by atoms with Crippen LogP contribution >= 0.6 is 11.6 Å². The number of β-amino-alcohol motifs (C(OH)–C–C–N with tert-alkyl or cyclic N) is 1. The van der Waals surface area contributed by atoms with Crippen LogP contribution in [0.5, 0.6) is 0 Å². The van der Waals surface area contributed by atoms with E-state index >= 15 is 0 Å². The van der Waals surface area contributed by atoms with Gasteiger partial charge in [0.25, 0.3) is 5.69 Å². The predicted octanol–water partition coefficient (Wildman–Crippen LogP) is 0.918. The number of hydrogen-bond donors (Lipinski definition) is 3. The first kappa shape index (κ1) is 14.2. The van der Waals surface area contributed by atoms with E-state index in [2.05, 4.69) is 10.6 Å². The Bertz CT molecular complexity index is 470. The summed E-state index contributed by atoms with van der Waals surface area (Å²) in [5.41, 5.74) is 0.803. The van der Waals surface area contributed by atoms with Gasteiger partial charge in [-0.1, -0.05) is 11.6 Å². The molecular weight excluding hydrogens is 270 g/mol. The third kappa shape index (κ3) is 3.63. The lowest BCUT2D eigenvalue weighted by molar-refractivity contribution is -0.384. The number of hydrogen-bond acceptors (Lipinski definition) is 5. The molecule has 1 heterocycles. The second-order valence-electron chi connectivity index (χ2n) is 4.65. The van der Waals surface area contributed by atoms with Crippen LogP contribution in [0.25, 0.3) is 0 Å². The van der Waals surface area contributed by atoms with E-state index in [4.69, 9.17) is 11.6 Å². The second-order valence-corrected chi connectivity index (χ2v) is 5.06. The molecular formula is C12H16ClN3O3. The van der Waals surface area contributed by atoms with Gasteiger partial charge in [0, 0.05) is 44.2 Å². The monoisotopic (exact) mass is 285 g/mol. The van der Waals surface area contributed by atoms with Crippen LogP contribution in [0.1, 0.15) is 5.56 Å². The zero-order valence-corrected chi connectivity index (χ0v) is 11.1. The van der Waals surface area contributed by atoms with Gasteiger partial charge >= 0.3 is 0 Å². The van der Waals surface area contributed by atoms with Crippen LogP contribution in [0.4, 0.5) is 5.69 Å². The maximum atomic E-state index is 10.6. The van der Waals surface area contributed by atoms with Crippen molar-refractivity contribution in [1.29, 1.82) is 0 Å². The summed E-state index contributed by atoms with van der Waals surface area (Å²) in [7, 11) is 0. The van der Waals surface area contributed by atoms with E-state index in [-0.39, 0.29) is 17.7 Å². The van der Waals surface area contributed by atoms with E-state index in [1.165, 1.54) is 12.1 Å². The Morgan fingerprint density at radius 1 is 1.53 bits per heavy atom. The largest absolute Gasteiger partial charge is 0.391 e. The number of nitro benzene ring substituents is 1. The summed E-state index contributed by atoms with van der Waals surface area (Å²) in [6.07, 6.45) is -0.320. The van der Waals surface area contributed by atoms with Crippen LogP contribution in [0, 0.1) is 16.0 Å². The smallest absolute Gasteiger partial charge is 0.270 e. The minimum Gasteiger partial charge on any atom is -0.391 e. The first-order chi connectivity index (χ1) is 9.08. The standard InChI is InChI=1S/C12H16ClN3O3/c13-11-3-10(16(18)19)2-1-8(11)4-14-5-9-6-15-7-12(9)17/h1-3,9,12,14-15,17H,4-7H2. The molecule has 1 aromatic rings. The molecule has 0 amide bonds. The number of nitrogens with one attached hydrogen (secondary N) is 2. The van der Waals surface area contributed by atoms with Crippen molar-refractivity contribution >= 4 is 17.3 Å². The summed E-state index contributed by atoms with van der Waals surface area (Å²) in [5.74, 6) is 0.192. The summed E-state index contributed by atoms with van der Waals surface area (Å²) < 4.78 is 0. The van der Waals surface area contributed by atoms with Gasteiger partial charge in [-0.15, -0.1) is 0 Å². The third-order valence-corrected chi connectivity index (χ3v) is 3.63. The Kier molecular flexibility index (Phi) is 4.71. The summed E-state index contributed by atoms with van der Waals surface area (Å²) in [6.45, 7) is 2.63. The van der Waals surface area contributed by atoms with Crippen molar-refractivity contribution in [2.24, 2.45) is 5.92 Å². The quantitative estimate of drug-likeness (QED) is 0.553. The molecule has 1 aliphatic rings. The second kappa shape index (κ2) is 6.29. The minimum absolute atomic E-state index is 0.0100. The molecule has 0 saturated carbocycles. The van der Waals surface area contributed by atoms with E-state index in [0.717, 1.165) is 12.1 Å². The molecule has 104 valence electrons. The van der Waals surface area contributed by atoms with Gasteiger partial charge in [-0.05, 0) is 11.6 Å². The highest BCUT2D eigenvalue weighted by Crippen LogP contribution is 2.22. The van der Waals surface area contributed by atoms with E-state index in [1.54, 1.807) is 6.07 Å². The first-order valence-electron chi connectivity index (χ1n) is 6.10. The van der Waals surface area contributed by atoms with Crippen molar-refractivity contribution in [2.75, 3.05) is 19.6 Å². The number of aliphatic hydroxyl groups excluding tert-OH is 1. The van der Waals surface area contributed by atoms with Crippen LogP contribution in [-0.4, -0.2) is 35.8 Å². The lowest BCUT2D eigenvalue weighted by atomic mass is 10.1. The van der Waals surface area contributed by atoms with Crippen molar-refractivity contribution in [3.63, 3.8) is 0 Å². The first-order valence-corrected chi connectivity index (χ1v) is 6.48. The molecule has 1 fully saturated rings. The number of benzene rings is 1. The Hall–Kier alpha value is -1.21. The van der Waals surface area contributed by atoms with Gasteiger partial charge in [-0.3, -0.25) is 10.1 Å². The fraction of sp³-hybridized carbons (Fsp3) is 0.500. The molecule has 1 aromatic carbocycles. The van der Waals surface area contributed by atoms with Gasteiger partial charge in [0.15, 0.2) is 0 Å². The number of rotatable bonds is 5. The number of nitrogens with zero attached hydrogens (tertiary/aromatic N) is 1. The van der Waals surface area contributed by atoms with Crippen LogP contribution in [0.3, 0.4) is 0 Å². The summed E-state index contributed by atoms with van der Waals surface area (Å²) in [4.78, 5) is 10.1. The van der Waals surface area contributed by atoms with E-state index < -0.39 is 4.92 Å². The molecule has 6 nitrogen and oxygen atoms in total. The minimum atomic E-state index is -0.469. The molecule has 19 heavy (non-hydrogen) atoms. The zero-order valence-electron chi connectivity index (χ0n) is 10.3. The predicted molar refractivity (Wildman–Crippen MR) is 72.2 cm³/mol. The molecule has 1 saturated heterocycles. The van der Waals surface area contributed by atoms with Gasteiger partial charge in [0.2, 0.25) is 0 Å². The molecule has 3 N–H and O–H groups in total. The number of non-ortho nitro benzene ring substituents is 1. The van der Waals surface area contributed by atoms with Crippen molar-refractivity contribution in [2.45, 2.75) is 12.6 Å². The Balaban J connectivity index is 1.87. The van der Waals surface area contributed by atoms with Gasteiger partial charge in [-0.25, -0.2) is 0 Å². The van der Waals surface area contributed by atoms with Crippen molar-refractivity contribution in [3.8, 4) is 0 Å². The summed E-state index contributed by atoms with van der Waals surface area (Å²) >= 11 is 5.99. The fourth-order valence-corrected chi connectivity index (χ4v) is 2.35. The van der Waals surface area contributed by atoms with E-state index in [1.807, 2.05) is 0 Å². The van der Waals surface area contributed by atoms with Crippen LogP contribution in [0.15, 0.2) is 18.2 Å². The van der Waals surface area contributed by atoms with Crippen LogP contribution in [0.2, 0.25) is 5.02 Å². The van der Waals surface area contributed by atoms with Crippen LogP contribution < -0.4 is 10.6 Å². The van der Waals surface area contributed by atoms with E-state index in [9.17, 15) is 15.2 Å². The van der Waals surface area contributed by atoms with Gasteiger partial charge in [0.1, 0.15) is 0 Å². The summed E-state index contributed by atoms with van der Waals surface area (Å²) in [5, 5.41) is 26.9.